The standard InChI is InChI=1S/C30H35Cl2N3O4S/c1-5-27(30(37)33-18-21(2)3)34(19-23-12-14-24(31)15-13-23)29(36)20-35(28-9-7-6-8-26(28)32)40(38,39)25-16-10-22(4)11-17-25/h6-17,21,27H,5,18-20H2,1-4H3,(H,33,37)/t27-/m1/s1. The molecule has 0 bridgehead atoms. The van der Waals surface area contributed by atoms with E-state index < -0.39 is 28.5 Å². The van der Waals surface area contributed by atoms with Crippen LogP contribution < -0.4 is 9.62 Å². The number of aryl methyl sites for hydroxylation is 1. The smallest absolute Gasteiger partial charge is 0.264 e. The Morgan fingerprint density at radius 1 is 0.925 bits per heavy atom. The Labute approximate surface area is 247 Å². The van der Waals surface area contributed by atoms with Crippen molar-refractivity contribution in [1.29, 1.82) is 0 Å². The third-order valence-electron chi connectivity index (χ3n) is 6.35. The van der Waals surface area contributed by atoms with E-state index in [0.717, 1.165) is 15.4 Å². The normalized spacial score (nSPS) is 12.2. The molecule has 40 heavy (non-hydrogen) atoms. The van der Waals surface area contributed by atoms with Gasteiger partial charge in [0.05, 0.1) is 15.6 Å². The van der Waals surface area contributed by atoms with Crippen LogP contribution in [0.3, 0.4) is 0 Å². The molecule has 7 nitrogen and oxygen atoms in total. The zero-order chi connectivity index (χ0) is 29.4. The summed E-state index contributed by atoms with van der Waals surface area (Å²) in [7, 11) is -4.19. The highest BCUT2D eigenvalue weighted by atomic mass is 35.5. The van der Waals surface area contributed by atoms with Crippen LogP contribution in [0.4, 0.5) is 5.69 Å². The number of benzene rings is 3. The summed E-state index contributed by atoms with van der Waals surface area (Å²) in [5.41, 5.74) is 1.81. The minimum Gasteiger partial charge on any atom is -0.354 e. The Hall–Kier alpha value is -3.07. The molecule has 3 rings (SSSR count). The molecule has 0 spiro atoms. The zero-order valence-corrected chi connectivity index (χ0v) is 25.4. The summed E-state index contributed by atoms with van der Waals surface area (Å²) in [6.45, 7) is 7.62. The number of rotatable bonds is 12. The molecule has 0 saturated carbocycles. The minimum atomic E-state index is -4.19. The Balaban J connectivity index is 2.05. The molecule has 0 aliphatic rings. The van der Waals surface area contributed by atoms with Crippen molar-refractivity contribution < 1.29 is 18.0 Å². The van der Waals surface area contributed by atoms with E-state index in [4.69, 9.17) is 23.2 Å². The second-order valence-corrected chi connectivity index (χ2v) is 12.7. The molecule has 0 saturated heterocycles. The van der Waals surface area contributed by atoms with Crippen molar-refractivity contribution in [2.24, 2.45) is 5.92 Å². The molecule has 1 atom stereocenters. The molecule has 0 fully saturated rings. The number of nitrogens with one attached hydrogen (secondary N) is 1. The lowest BCUT2D eigenvalue weighted by Gasteiger charge is -2.33. The highest BCUT2D eigenvalue weighted by Crippen LogP contribution is 2.31. The number of para-hydroxylation sites is 1. The molecule has 0 aliphatic carbocycles. The van der Waals surface area contributed by atoms with Gasteiger partial charge in [-0.3, -0.25) is 13.9 Å². The summed E-state index contributed by atoms with van der Waals surface area (Å²) in [5, 5.41) is 3.63. The molecule has 214 valence electrons. The third kappa shape index (κ3) is 7.99. The summed E-state index contributed by atoms with van der Waals surface area (Å²) >= 11 is 12.5. The van der Waals surface area contributed by atoms with Gasteiger partial charge < -0.3 is 10.2 Å². The second-order valence-electron chi connectivity index (χ2n) is 9.99. The number of carbonyl (C=O) groups is 2. The summed E-state index contributed by atoms with van der Waals surface area (Å²) in [6, 6.07) is 19.0. The van der Waals surface area contributed by atoms with E-state index >= 15 is 0 Å². The molecular formula is C30H35Cl2N3O4S. The van der Waals surface area contributed by atoms with E-state index in [2.05, 4.69) is 5.32 Å². The first-order valence-electron chi connectivity index (χ1n) is 13.1. The van der Waals surface area contributed by atoms with Crippen molar-refractivity contribution in [3.05, 3.63) is 94.0 Å². The quantitative estimate of drug-likeness (QED) is 0.272. The van der Waals surface area contributed by atoms with Crippen LogP contribution >= 0.6 is 23.2 Å². The Morgan fingerprint density at radius 2 is 1.55 bits per heavy atom. The summed E-state index contributed by atoms with van der Waals surface area (Å²) in [5.74, 6) is -0.626. The predicted octanol–water partition coefficient (Wildman–Crippen LogP) is 6.08. The van der Waals surface area contributed by atoms with Crippen LogP contribution in [0.5, 0.6) is 0 Å². The van der Waals surface area contributed by atoms with Crippen LogP contribution in [-0.2, 0) is 26.2 Å². The van der Waals surface area contributed by atoms with Crippen molar-refractivity contribution in [2.75, 3.05) is 17.4 Å². The maximum Gasteiger partial charge on any atom is 0.264 e. The maximum absolute atomic E-state index is 14.1. The van der Waals surface area contributed by atoms with E-state index in [1.54, 1.807) is 60.7 Å². The highest BCUT2D eigenvalue weighted by Gasteiger charge is 2.34. The van der Waals surface area contributed by atoms with Crippen molar-refractivity contribution in [1.82, 2.24) is 10.2 Å². The van der Waals surface area contributed by atoms with Crippen molar-refractivity contribution >= 4 is 50.7 Å². The largest absolute Gasteiger partial charge is 0.354 e. The van der Waals surface area contributed by atoms with Gasteiger partial charge in [-0.1, -0.05) is 85.9 Å². The molecule has 1 N–H and O–H groups in total. The Bertz CT molecular complexity index is 1410. The van der Waals surface area contributed by atoms with Crippen molar-refractivity contribution in [2.45, 2.75) is 51.6 Å². The van der Waals surface area contributed by atoms with Gasteiger partial charge in [0, 0.05) is 18.1 Å². The number of anilines is 1. The van der Waals surface area contributed by atoms with Crippen molar-refractivity contribution in [3.63, 3.8) is 0 Å². The van der Waals surface area contributed by atoms with Gasteiger partial charge >= 0.3 is 0 Å². The number of sulfonamides is 1. The van der Waals surface area contributed by atoms with Crippen LogP contribution in [0.1, 0.15) is 38.3 Å². The van der Waals surface area contributed by atoms with Crippen LogP contribution in [0.25, 0.3) is 0 Å². The molecule has 10 heteroatoms. The van der Waals surface area contributed by atoms with Gasteiger partial charge in [-0.05, 0) is 61.2 Å². The molecule has 3 aromatic carbocycles. The number of halogens is 2. The molecule has 0 heterocycles. The fourth-order valence-corrected chi connectivity index (χ4v) is 5.98. The Kier molecular flexibility index (Phi) is 11.0. The number of carbonyl (C=O) groups excluding carboxylic acids is 2. The topological polar surface area (TPSA) is 86.8 Å². The number of hydrogen-bond donors (Lipinski definition) is 1. The zero-order valence-electron chi connectivity index (χ0n) is 23.1. The molecular weight excluding hydrogens is 569 g/mol. The van der Waals surface area contributed by atoms with Gasteiger partial charge in [0.25, 0.3) is 10.0 Å². The van der Waals surface area contributed by atoms with E-state index in [1.807, 2.05) is 27.7 Å². The third-order valence-corrected chi connectivity index (χ3v) is 8.69. The average Bonchev–Trinajstić information content (AvgIpc) is 2.92. The SMILES string of the molecule is CC[C@H](C(=O)NCC(C)C)N(Cc1ccc(Cl)cc1)C(=O)CN(c1ccccc1Cl)S(=O)(=O)c1ccc(C)cc1. The first kappa shape index (κ1) is 31.5. The predicted molar refractivity (Wildman–Crippen MR) is 161 cm³/mol. The lowest BCUT2D eigenvalue weighted by Crippen LogP contribution is -2.52. The van der Waals surface area contributed by atoms with Gasteiger partial charge in [-0.25, -0.2) is 8.42 Å². The first-order chi connectivity index (χ1) is 18.9. The maximum atomic E-state index is 14.1. The molecule has 0 aliphatic heterocycles. The van der Waals surface area contributed by atoms with Crippen molar-refractivity contribution in [3.8, 4) is 0 Å². The van der Waals surface area contributed by atoms with Crippen LogP contribution in [0, 0.1) is 12.8 Å². The molecule has 2 amide bonds. The Morgan fingerprint density at radius 3 is 2.12 bits per heavy atom. The first-order valence-corrected chi connectivity index (χ1v) is 15.3. The monoisotopic (exact) mass is 603 g/mol. The summed E-state index contributed by atoms with van der Waals surface area (Å²) in [6.07, 6.45) is 0.333. The molecule has 0 unspecified atom stereocenters. The summed E-state index contributed by atoms with van der Waals surface area (Å²) in [4.78, 5) is 28.8. The van der Waals surface area contributed by atoms with Crippen LogP contribution in [0.15, 0.2) is 77.7 Å². The number of amides is 2. The van der Waals surface area contributed by atoms with Gasteiger partial charge in [-0.15, -0.1) is 0 Å². The van der Waals surface area contributed by atoms with Gasteiger partial charge in [0.2, 0.25) is 11.8 Å². The molecule has 3 aromatic rings. The lowest BCUT2D eigenvalue weighted by molar-refractivity contribution is -0.140. The van der Waals surface area contributed by atoms with E-state index in [-0.39, 0.29) is 34.0 Å². The van der Waals surface area contributed by atoms with E-state index in [1.165, 1.54) is 17.0 Å². The molecule has 0 radical (unpaired) electrons. The highest BCUT2D eigenvalue weighted by molar-refractivity contribution is 7.92. The summed E-state index contributed by atoms with van der Waals surface area (Å²) < 4.78 is 28.8. The fourth-order valence-electron chi connectivity index (χ4n) is 4.13. The average molecular weight is 605 g/mol. The lowest BCUT2D eigenvalue weighted by atomic mass is 10.1. The van der Waals surface area contributed by atoms with Crippen LogP contribution in [-0.4, -0.2) is 44.3 Å². The van der Waals surface area contributed by atoms with Gasteiger partial charge in [0.15, 0.2) is 0 Å². The number of nitrogens with zero attached hydrogens (tertiary/aromatic N) is 2. The second kappa shape index (κ2) is 14.0. The van der Waals surface area contributed by atoms with Crippen LogP contribution in [0.2, 0.25) is 10.0 Å². The molecule has 0 aromatic heterocycles. The van der Waals surface area contributed by atoms with E-state index in [0.29, 0.717) is 18.0 Å². The number of hydrogen-bond acceptors (Lipinski definition) is 4. The van der Waals surface area contributed by atoms with Gasteiger partial charge in [-0.2, -0.15) is 0 Å². The minimum absolute atomic E-state index is 0.0248. The van der Waals surface area contributed by atoms with E-state index in [9.17, 15) is 18.0 Å². The van der Waals surface area contributed by atoms with Gasteiger partial charge in [0.1, 0.15) is 12.6 Å². The fraction of sp³-hybridized carbons (Fsp3) is 0.333.